The van der Waals surface area contributed by atoms with Gasteiger partial charge in [-0.25, -0.2) is 0 Å². The Labute approximate surface area is 194 Å². The largest absolute Gasteiger partial charge is 3.00 e. The van der Waals surface area contributed by atoms with Crippen LogP contribution in [0.3, 0.4) is 0 Å². The molecule has 4 radical (unpaired) electrons. The summed E-state index contributed by atoms with van der Waals surface area (Å²) in [6, 6.07) is 0. The Kier molecular flexibility index (Phi) is 36.4. The zero-order chi connectivity index (χ0) is 26.3. The number of carbonyl (C=O) groups is 9. The van der Waals surface area contributed by atoms with E-state index in [1.165, 1.54) is 0 Å². The molecule has 0 aliphatic heterocycles. The van der Waals surface area contributed by atoms with E-state index in [1.54, 1.807) is 0 Å². The fraction of sp³-hybridized carbons (Fsp3) is 0.353. The van der Waals surface area contributed by atoms with Crippen LogP contribution >= 0.6 is 0 Å². The Morgan fingerprint density at radius 1 is 0.469 bits per heavy atom. The van der Waals surface area contributed by atoms with Crippen LogP contribution in [0.2, 0.25) is 0 Å². The number of carboxylic acids is 3. The quantitative estimate of drug-likeness (QED) is 0.148. The SMILES string of the molecule is CC(=O)CC(=O)C(=O)[O-].CC(=O)CC(=O)C(=O)[O-].CC(=O)CC(=O)C(=O)[O-].[C]=O.[C]=O.[Rh+3]. The number of hydrogen-bond acceptors (Lipinski definition) is 14. The van der Waals surface area contributed by atoms with E-state index < -0.39 is 71.9 Å². The minimum atomic E-state index is -1.80. The summed E-state index contributed by atoms with van der Waals surface area (Å²) >= 11 is 0. The molecule has 0 spiro atoms. The molecule has 0 saturated carbocycles. The first kappa shape index (κ1) is 42.5. The van der Waals surface area contributed by atoms with Crippen molar-refractivity contribution in [1.29, 1.82) is 0 Å². The molecule has 0 heterocycles. The molecule has 0 aromatic rings. The van der Waals surface area contributed by atoms with Gasteiger partial charge in [0.15, 0.2) is 17.3 Å². The van der Waals surface area contributed by atoms with E-state index in [1.807, 2.05) is 0 Å². The fourth-order valence-corrected chi connectivity index (χ4v) is 0.895. The van der Waals surface area contributed by atoms with Crippen molar-refractivity contribution in [2.75, 3.05) is 0 Å². The van der Waals surface area contributed by atoms with E-state index in [4.69, 9.17) is 9.59 Å². The van der Waals surface area contributed by atoms with Crippen molar-refractivity contribution >= 4 is 66.2 Å². The number of carboxylic acid groups (broad SMARTS) is 3. The van der Waals surface area contributed by atoms with Crippen molar-refractivity contribution < 1.29 is 87.5 Å². The first-order valence-corrected chi connectivity index (χ1v) is 7.23. The molecule has 0 aromatic carbocycles. The zero-order valence-corrected chi connectivity index (χ0v) is 18.3. The zero-order valence-electron chi connectivity index (χ0n) is 16.7. The second-order valence-electron chi connectivity index (χ2n) is 4.77. The van der Waals surface area contributed by atoms with Gasteiger partial charge in [-0.3, -0.25) is 38.4 Å². The first-order valence-electron chi connectivity index (χ1n) is 7.23. The van der Waals surface area contributed by atoms with Crippen LogP contribution in [0.15, 0.2) is 0 Å². The van der Waals surface area contributed by atoms with Gasteiger partial charge in [0, 0.05) is 0 Å². The smallest absolute Gasteiger partial charge is 0.542 e. The Morgan fingerprint density at radius 2 is 0.594 bits per heavy atom. The Bertz CT molecular complexity index is 603. The van der Waals surface area contributed by atoms with Crippen molar-refractivity contribution in [1.82, 2.24) is 0 Å². The number of carbonyl (C=O) groups excluding carboxylic acids is 11. The van der Waals surface area contributed by atoms with E-state index in [0.717, 1.165) is 20.8 Å². The Hall–Kier alpha value is -3.61. The van der Waals surface area contributed by atoms with E-state index in [9.17, 15) is 58.5 Å². The monoisotopic (exact) mass is 546 g/mol. The summed E-state index contributed by atoms with van der Waals surface area (Å²) in [4.78, 5) is 104. The van der Waals surface area contributed by atoms with E-state index >= 15 is 0 Å². The normalized spacial score (nSPS) is 7.47. The average Bonchev–Trinajstić information content (AvgIpc) is 2.64. The molecule has 0 bridgehead atoms. The molecule has 0 unspecified atom stereocenters. The average molecular weight is 546 g/mol. The summed E-state index contributed by atoms with van der Waals surface area (Å²) in [6.45, 7) is 12.4. The predicted molar refractivity (Wildman–Crippen MR) is 87.3 cm³/mol. The predicted octanol–water partition coefficient (Wildman–Crippen LogP) is -5.94. The number of ketones is 6. The van der Waals surface area contributed by atoms with Crippen LogP contribution in [0.25, 0.3) is 0 Å². The standard InChI is InChI=1S/3C5H6O4.2CO.Rh/c3*1-3(6)2-4(7)5(8)9;2*1-2;/h3*2H2,1H3,(H,8,9);;;/q;;;;;+3/p-3. The van der Waals surface area contributed by atoms with Gasteiger partial charge in [-0.05, 0) is 20.8 Å². The number of hydrogen-bond donors (Lipinski definition) is 0. The molecule has 32 heavy (non-hydrogen) atoms. The van der Waals surface area contributed by atoms with Gasteiger partial charge in [0.1, 0.15) is 35.3 Å². The molecule has 0 aliphatic carbocycles. The van der Waals surface area contributed by atoms with Crippen LogP contribution < -0.4 is 15.3 Å². The molecule has 0 aliphatic rings. The molecular weight excluding hydrogens is 531 g/mol. The van der Waals surface area contributed by atoms with Crippen LogP contribution in [0.5, 0.6) is 0 Å². The number of rotatable bonds is 9. The van der Waals surface area contributed by atoms with Crippen LogP contribution in [0.1, 0.15) is 40.0 Å². The van der Waals surface area contributed by atoms with Crippen molar-refractivity contribution in [3.05, 3.63) is 0 Å². The summed E-state index contributed by atoms with van der Waals surface area (Å²) in [5.74, 6) is -10.3. The summed E-state index contributed by atoms with van der Waals surface area (Å²) in [5, 5.41) is 28.9. The summed E-state index contributed by atoms with van der Waals surface area (Å²) in [5.41, 5.74) is 0. The van der Waals surface area contributed by atoms with Crippen molar-refractivity contribution in [3.8, 4) is 0 Å². The molecule has 0 fully saturated rings. The maximum atomic E-state index is 10.1. The molecule has 15 heteroatoms. The third-order valence-electron chi connectivity index (χ3n) is 1.91. The molecule has 0 saturated heterocycles. The van der Waals surface area contributed by atoms with Crippen LogP contribution in [-0.2, 0) is 72.2 Å². The van der Waals surface area contributed by atoms with Crippen molar-refractivity contribution in [3.63, 3.8) is 0 Å². The molecular formula is C17H15O14Rh. The summed E-state index contributed by atoms with van der Waals surface area (Å²) in [7, 11) is 0. The van der Waals surface area contributed by atoms with Gasteiger partial charge in [0.05, 0.1) is 19.3 Å². The van der Waals surface area contributed by atoms with Gasteiger partial charge in [-0.2, -0.15) is 0 Å². The second kappa shape index (κ2) is 27.4. The van der Waals surface area contributed by atoms with Gasteiger partial charge in [0.25, 0.3) is 13.6 Å². The number of aliphatic carboxylic acids is 3. The minimum absolute atomic E-state index is 0. The third-order valence-corrected chi connectivity index (χ3v) is 1.91. The van der Waals surface area contributed by atoms with E-state index in [2.05, 4.69) is 13.6 Å². The second-order valence-corrected chi connectivity index (χ2v) is 4.77. The number of Topliss-reactive ketones (excluding diaryl/α,β-unsaturated/α-hetero) is 6. The molecule has 0 rings (SSSR count). The first-order chi connectivity index (χ1) is 14.1. The van der Waals surface area contributed by atoms with Crippen LogP contribution in [0.4, 0.5) is 0 Å². The topological polar surface area (TPSA) is 257 Å². The van der Waals surface area contributed by atoms with Gasteiger partial charge in [-0.15, -0.1) is 0 Å². The summed E-state index contributed by atoms with van der Waals surface area (Å²) < 4.78 is 0. The third kappa shape index (κ3) is 40.9. The Balaban J connectivity index is -0.0000000722. The molecule has 0 amide bonds. The molecule has 176 valence electrons. The van der Waals surface area contributed by atoms with Gasteiger partial charge < -0.3 is 29.7 Å². The van der Waals surface area contributed by atoms with E-state index in [-0.39, 0.29) is 19.5 Å². The maximum Gasteiger partial charge on any atom is 3.00 e. The summed E-state index contributed by atoms with van der Waals surface area (Å²) in [6.07, 6.45) is -1.70. The van der Waals surface area contributed by atoms with Crippen LogP contribution in [0, 0.1) is 0 Å². The fourth-order valence-electron chi connectivity index (χ4n) is 0.895. The van der Waals surface area contributed by atoms with Crippen molar-refractivity contribution in [2.45, 2.75) is 40.0 Å². The van der Waals surface area contributed by atoms with Gasteiger partial charge in [0.2, 0.25) is 0 Å². The van der Waals surface area contributed by atoms with E-state index in [0.29, 0.717) is 0 Å². The molecule has 0 N–H and O–H groups in total. The van der Waals surface area contributed by atoms with Gasteiger partial charge in [-0.1, -0.05) is 0 Å². The van der Waals surface area contributed by atoms with Crippen molar-refractivity contribution in [2.24, 2.45) is 0 Å². The maximum absolute atomic E-state index is 10.1. The van der Waals surface area contributed by atoms with Gasteiger partial charge >= 0.3 is 19.5 Å². The molecule has 0 aromatic heterocycles. The Morgan fingerprint density at radius 3 is 0.625 bits per heavy atom. The molecule has 0 atom stereocenters. The minimum Gasteiger partial charge on any atom is -0.542 e. The van der Waals surface area contributed by atoms with Crippen LogP contribution in [-0.4, -0.2) is 66.2 Å². The molecule has 14 nitrogen and oxygen atoms in total.